The Morgan fingerprint density at radius 3 is 1.22 bits per heavy atom. The Bertz CT molecular complexity index is 1100. The SMILES string of the molecule is CCCCC/C=C\C/C=C\C/C=C\C/C=C\CCCCCC(=O)OC(CCCCCCCCCCCCC)CC(=O)NC(CO)C(O)CCCCCCCCCCCCCCCCC. The van der Waals surface area contributed by atoms with Gasteiger partial charge in [0.15, 0.2) is 0 Å². The molecule has 0 aromatic rings. The lowest BCUT2D eigenvalue weighted by molar-refractivity contribution is -0.151. The summed E-state index contributed by atoms with van der Waals surface area (Å²) in [5, 5.41) is 23.8. The fraction of sp³-hybridized carbons (Fsp3) is 0.828. The monoisotopic (exact) mass is 898 g/mol. The summed E-state index contributed by atoms with van der Waals surface area (Å²) in [5.74, 6) is -0.500. The number of carbonyl (C=O) groups excluding carboxylic acids is 2. The van der Waals surface area contributed by atoms with Crippen molar-refractivity contribution in [2.75, 3.05) is 6.61 Å². The summed E-state index contributed by atoms with van der Waals surface area (Å²) in [6.45, 7) is 6.46. The number of unbranched alkanes of at least 4 members (excludes halogenated alkanes) is 30. The van der Waals surface area contributed by atoms with Crippen LogP contribution in [0.2, 0.25) is 0 Å². The zero-order chi connectivity index (χ0) is 46.7. The van der Waals surface area contributed by atoms with Gasteiger partial charge in [-0.25, -0.2) is 0 Å². The van der Waals surface area contributed by atoms with Crippen LogP contribution in [0.4, 0.5) is 0 Å². The number of nitrogens with one attached hydrogen (secondary N) is 1. The van der Waals surface area contributed by atoms with Crippen molar-refractivity contribution in [3.05, 3.63) is 48.6 Å². The largest absolute Gasteiger partial charge is 0.462 e. The lowest BCUT2D eigenvalue weighted by Crippen LogP contribution is -2.46. The van der Waals surface area contributed by atoms with Crippen LogP contribution in [0.3, 0.4) is 0 Å². The number of aliphatic hydroxyl groups is 2. The quantitative estimate of drug-likeness (QED) is 0.0321. The first-order valence-electron chi connectivity index (χ1n) is 27.9. The van der Waals surface area contributed by atoms with Crippen LogP contribution in [0.1, 0.15) is 284 Å². The summed E-state index contributed by atoms with van der Waals surface area (Å²) in [5.41, 5.74) is 0. The number of hydrogen-bond donors (Lipinski definition) is 3. The Labute approximate surface area is 397 Å². The second kappa shape index (κ2) is 51.8. The van der Waals surface area contributed by atoms with E-state index >= 15 is 0 Å². The lowest BCUT2D eigenvalue weighted by atomic mass is 10.0. The summed E-state index contributed by atoms with van der Waals surface area (Å²) in [6, 6.07) is -0.706. The fourth-order valence-corrected chi connectivity index (χ4v) is 8.41. The molecule has 0 rings (SSSR count). The molecule has 0 radical (unpaired) electrons. The standard InChI is InChI=1S/C58H107NO5/c1-4-7-10-13-16-19-22-24-26-27-28-29-31-33-36-39-42-45-48-51-58(63)64-54(49-46-43-40-37-34-21-18-15-12-9-6-3)52-57(62)59-55(53-60)56(61)50-47-44-41-38-35-32-30-25-23-20-17-14-11-8-5-2/h16,19,24,26,28-29,33,36,54-56,60-61H,4-15,17-18,20-23,25,27,30-32,34-35,37-53H2,1-3H3,(H,59,62)/b19-16-,26-24-,29-28-,36-33-. The highest BCUT2D eigenvalue weighted by Gasteiger charge is 2.24. The molecule has 0 bridgehead atoms. The van der Waals surface area contributed by atoms with Crippen LogP contribution in [0, 0.1) is 0 Å². The highest BCUT2D eigenvalue weighted by Crippen LogP contribution is 2.18. The summed E-state index contributed by atoms with van der Waals surface area (Å²) in [7, 11) is 0. The van der Waals surface area contributed by atoms with Crippen molar-refractivity contribution in [3.63, 3.8) is 0 Å². The summed E-state index contributed by atoms with van der Waals surface area (Å²) < 4.78 is 5.93. The van der Waals surface area contributed by atoms with Gasteiger partial charge in [0.05, 0.1) is 25.2 Å². The third kappa shape index (κ3) is 46.4. The van der Waals surface area contributed by atoms with Gasteiger partial charge >= 0.3 is 5.97 Å². The van der Waals surface area contributed by atoms with E-state index in [0.29, 0.717) is 19.3 Å². The topological polar surface area (TPSA) is 95.9 Å². The molecule has 1 amide bonds. The molecule has 0 heterocycles. The molecule has 3 unspecified atom stereocenters. The van der Waals surface area contributed by atoms with Crippen LogP contribution < -0.4 is 5.32 Å². The molecule has 0 aromatic heterocycles. The molecule has 3 N–H and O–H groups in total. The minimum absolute atomic E-state index is 0.0672. The van der Waals surface area contributed by atoms with Crippen molar-refractivity contribution < 1.29 is 24.5 Å². The van der Waals surface area contributed by atoms with Gasteiger partial charge in [-0.1, -0.05) is 249 Å². The van der Waals surface area contributed by atoms with Gasteiger partial charge in [-0.2, -0.15) is 0 Å². The van der Waals surface area contributed by atoms with E-state index < -0.39 is 18.2 Å². The van der Waals surface area contributed by atoms with Gasteiger partial charge in [0.25, 0.3) is 0 Å². The zero-order valence-corrected chi connectivity index (χ0v) is 42.7. The van der Waals surface area contributed by atoms with Crippen molar-refractivity contribution in [3.8, 4) is 0 Å². The molecule has 0 fully saturated rings. The van der Waals surface area contributed by atoms with Gasteiger partial charge in [-0.05, 0) is 70.6 Å². The maximum Gasteiger partial charge on any atom is 0.306 e. The molecule has 6 heteroatoms. The predicted molar refractivity (Wildman–Crippen MR) is 278 cm³/mol. The molecule has 0 aliphatic rings. The molecule has 0 saturated carbocycles. The first kappa shape index (κ1) is 61.8. The number of aliphatic hydroxyl groups excluding tert-OH is 2. The fourth-order valence-electron chi connectivity index (χ4n) is 8.41. The molecule has 6 nitrogen and oxygen atoms in total. The van der Waals surface area contributed by atoms with E-state index in [-0.39, 0.29) is 24.9 Å². The molecule has 0 aromatic carbocycles. The van der Waals surface area contributed by atoms with Crippen molar-refractivity contribution >= 4 is 11.9 Å². The molecular weight excluding hydrogens is 791 g/mol. The molecule has 0 aliphatic heterocycles. The van der Waals surface area contributed by atoms with E-state index in [4.69, 9.17) is 4.74 Å². The van der Waals surface area contributed by atoms with Crippen LogP contribution in [-0.2, 0) is 14.3 Å². The summed E-state index contributed by atoms with van der Waals surface area (Å²) in [6.07, 6.45) is 63.1. The Morgan fingerprint density at radius 1 is 0.453 bits per heavy atom. The van der Waals surface area contributed by atoms with Crippen LogP contribution in [0.5, 0.6) is 0 Å². The second-order valence-corrected chi connectivity index (χ2v) is 19.0. The number of carbonyl (C=O) groups is 2. The number of esters is 1. The van der Waals surface area contributed by atoms with E-state index in [9.17, 15) is 19.8 Å². The van der Waals surface area contributed by atoms with Gasteiger partial charge in [0.1, 0.15) is 6.10 Å². The summed E-state index contributed by atoms with van der Waals surface area (Å²) >= 11 is 0. The Balaban J connectivity index is 4.53. The van der Waals surface area contributed by atoms with Crippen molar-refractivity contribution in [1.82, 2.24) is 5.32 Å². The average Bonchev–Trinajstić information content (AvgIpc) is 3.29. The summed E-state index contributed by atoms with van der Waals surface area (Å²) in [4.78, 5) is 26.2. The van der Waals surface area contributed by atoms with E-state index in [0.717, 1.165) is 77.0 Å². The number of hydrogen-bond acceptors (Lipinski definition) is 5. The van der Waals surface area contributed by atoms with Gasteiger partial charge < -0.3 is 20.3 Å². The smallest absolute Gasteiger partial charge is 0.306 e. The maximum atomic E-state index is 13.2. The van der Waals surface area contributed by atoms with Crippen LogP contribution in [0.25, 0.3) is 0 Å². The highest BCUT2D eigenvalue weighted by atomic mass is 16.5. The normalized spacial score (nSPS) is 13.5. The van der Waals surface area contributed by atoms with Crippen molar-refractivity contribution in [2.45, 2.75) is 302 Å². The molecule has 64 heavy (non-hydrogen) atoms. The molecule has 0 saturated heterocycles. The van der Waals surface area contributed by atoms with Gasteiger partial charge in [-0.3, -0.25) is 9.59 Å². The minimum Gasteiger partial charge on any atom is -0.462 e. The van der Waals surface area contributed by atoms with E-state index in [1.807, 2.05) is 0 Å². The van der Waals surface area contributed by atoms with E-state index in [2.05, 4.69) is 74.7 Å². The van der Waals surface area contributed by atoms with Gasteiger partial charge in [0.2, 0.25) is 5.91 Å². The third-order valence-electron chi connectivity index (χ3n) is 12.7. The number of allylic oxidation sites excluding steroid dienone is 8. The van der Waals surface area contributed by atoms with Crippen molar-refractivity contribution in [1.29, 1.82) is 0 Å². The Hall–Kier alpha value is -2.18. The molecule has 0 spiro atoms. The molecule has 374 valence electrons. The van der Waals surface area contributed by atoms with Crippen LogP contribution >= 0.6 is 0 Å². The zero-order valence-electron chi connectivity index (χ0n) is 42.7. The third-order valence-corrected chi connectivity index (χ3v) is 12.7. The van der Waals surface area contributed by atoms with Crippen molar-refractivity contribution in [2.24, 2.45) is 0 Å². The van der Waals surface area contributed by atoms with Gasteiger partial charge in [-0.15, -0.1) is 0 Å². The maximum absolute atomic E-state index is 13.2. The van der Waals surface area contributed by atoms with E-state index in [1.165, 1.54) is 161 Å². The minimum atomic E-state index is -0.792. The Kier molecular flexibility index (Phi) is 50.0. The lowest BCUT2D eigenvalue weighted by Gasteiger charge is -2.24. The number of rotatable bonds is 50. The molecular formula is C58H107NO5. The highest BCUT2D eigenvalue weighted by molar-refractivity contribution is 5.77. The Morgan fingerprint density at radius 2 is 0.797 bits per heavy atom. The molecule has 0 aliphatic carbocycles. The first-order chi connectivity index (χ1) is 31.5. The average molecular weight is 898 g/mol. The predicted octanol–water partition coefficient (Wildman–Crippen LogP) is 17.0. The number of amides is 1. The number of ether oxygens (including phenoxy) is 1. The van der Waals surface area contributed by atoms with Crippen LogP contribution in [0.15, 0.2) is 48.6 Å². The van der Waals surface area contributed by atoms with Crippen LogP contribution in [-0.4, -0.2) is 46.9 Å². The van der Waals surface area contributed by atoms with Gasteiger partial charge in [0, 0.05) is 6.42 Å². The molecule has 3 atom stereocenters. The first-order valence-corrected chi connectivity index (χ1v) is 27.9. The van der Waals surface area contributed by atoms with E-state index in [1.54, 1.807) is 0 Å². The second-order valence-electron chi connectivity index (χ2n) is 19.0.